The average Bonchev–Trinajstić information content (AvgIpc) is 2.71. The van der Waals surface area contributed by atoms with Crippen molar-refractivity contribution in [2.75, 3.05) is 0 Å². The first-order chi connectivity index (χ1) is 13.5. The first-order valence-electron chi connectivity index (χ1n) is 8.92. The molecule has 0 aliphatic heterocycles. The Balaban J connectivity index is 1.85. The molecule has 0 aliphatic carbocycles. The second-order valence-corrected chi connectivity index (χ2v) is 7.73. The highest BCUT2D eigenvalue weighted by Crippen LogP contribution is 2.25. The summed E-state index contributed by atoms with van der Waals surface area (Å²) in [6.07, 6.45) is 0.230. The maximum absolute atomic E-state index is 13.1. The molecule has 5 heteroatoms. The smallest absolute Gasteiger partial charge is 0.326 e. The number of halogens is 1. The molecular formula is C23H20INO3. The predicted molar refractivity (Wildman–Crippen MR) is 117 cm³/mol. The van der Waals surface area contributed by atoms with Gasteiger partial charge in [-0.25, -0.2) is 4.79 Å². The highest BCUT2D eigenvalue weighted by Gasteiger charge is 2.27. The molecule has 142 valence electrons. The van der Waals surface area contributed by atoms with E-state index in [1.165, 1.54) is 0 Å². The molecule has 0 heterocycles. The number of rotatable bonds is 7. The van der Waals surface area contributed by atoms with E-state index in [4.69, 9.17) is 0 Å². The van der Waals surface area contributed by atoms with E-state index < -0.39 is 17.9 Å². The highest BCUT2D eigenvalue weighted by atomic mass is 127. The van der Waals surface area contributed by atoms with Crippen LogP contribution in [0.15, 0.2) is 84.9 Å². The molecule has 0 aromatic heterocycles. The van der Waals surface area contributed by atoms with Crippen molar-refractivity contribution in [2.24, 2.45) is 0 Å². The van der Waals surface area contributed by atoms with E-state index in [2.05, 4.69) is 27.9 Å². The van der Waals surface area contributed by atoms with E-state index in [-0.39, 0.29) is 12.3 Å². The molecule has 4 nitrogen and oxygen atoms in total. The summed E-state index contributed by atoms with van der Waals surface area (Å²) in [4.78, 5) is 24.9. The van der Waals surface area contributed by atoms with Crippen LogP contribution in [0.2, 0.25) is 0 Å². The van der Waals surface area contributed by atoms with Crippen molar-refractivity contribution in [3.63, 3.8) is 0 Å². The maximum atomic E-state index is 13.1. The van der Waals surface area contributed by atoms with Crippen LogP contribution in [-0.2, 0) is 16.0 Å². The van der Waals surface area contributed by atoms with Crippen LogP contribution in [0.25, 0.3) is 0 Å². The van der Waals surface area contributed by atoms with Gasteiger partial charge < -0.3 is 10.4 Å². The molecule has 0 saturated heterocycles. The van der Waals surface area contributed by atoms with Gasteiger partial charge in [0.25, 0.3) is 0 Å². The van der Waals surface area contributed by atoms with Crippen LogP contribution in [0, 0.1) is 3.57 Å². The van der Waals surface area contributed by atoms with Crippen molar-refractivity contribution in [1.82, 2.24) is 5.32 Å². The average molecular weight is 485 g/mol. The Kier molecular flexibility index (Phi) is 6.81. The van der Waals surface area contributed by atoms with Crippen LogP contribution < -0.4 is 5.32 Å². The summed E-state index contributed by atoms with van der Waals surface area (Å²) in [6, 6.07) is 25.4. The Morgan fingerprint density at radius 3 is 1.79 bits per heavy atom. The molecule has 0 radical (unpaired) electrons. The standard InChI is InChI=1S/C23H20INO3/c24-19-13-11-16(12-14-19)15-20(23(27)28)25-22(26)21(17-7-3-1-4-8-17)18-9-5-2-6-10-18/h1-14,20-21H,15H2,(H,25,26)(H,27,28)/t20-/m0/s1. The minimum Gasteiger partial charge on any atom is -0.480 e. The van der Waals surface area contributed by atoms with Crippen LogP contribution >= 0.6 is 22.6 Å². The number of benzene rings is 3. The largest absolute Gasteiger partial charge is 0.480 e. The van der Waals surface area contributed by atoms with Crippen molar-refractivity contribution >= 4 is 34.5 Å². The molecule has 0 aliphatic rings. The van der Waals surface area contributed by atoms with Crippen molar-refractivity contribution in [3.05, 3.63) is 105 Å². The molecule has 0 fully saturated rings. The molecule has 0 saturated carbocycles. The first kappa shape index (κ1) is 20.1. The summed E-state index contributed by atoms with van der Waals surface area (Å²) < 4.78 is 1.07. The van der Waals surface area contributed by atoms with Gasteiger partial charge in [0.2, 0.25) is 5.91 Å². The van der Waals surface area contributed by atoms with Crippen molar-refractivity contribution in [2.45, 2.75) is 18.4 Å². The normalized spacial score (nSPS) is 11.8. The van der Waals surface area contributed by atoms with Gasteiger partial charge in [0.1, 0.15) is 6.04 Å². The van der Waals surface area contributed by atoms with E-state index >= 15 is 0 Å². The zero-order valence-electron chi connectivity index (χ0n) is 15.1. The lowest BCUT2D eigenvalue weighted by atomic mass is 9.90. The zero-order chi connectivity index (χ0) is 19.9. The number of amides is 1. The minimum absolute atomic E-state index is 0.230. The van der Waals surface area contributed by atoms with Gasteiger partial charge in [-0.15, -0.1) is 0 Å². The molecule has 1 atom stereocenters. The fraction of sp³-hybridized carbons (Fsp3) is 0.130. The molecule has 3 rings (SSSR count). The Morgan fingerprint density at radius 1 is 0.821 bits per heavy atom. The van der Waals surface area contributed by atoms with Gasteiger partial charge in [-0.1, -0.05) is 72.8 Å². The van der Waals surface area contributed by atoms with Gasteiger partial charge in [0.15, 0.2) is 0 Å². The number of carboxylic acid groups (broad SMARTS) is 1. The topological polar surface area (TPSA) is 66.4 Å². The fourth-order valence-corrected chi connectivity index (χ4v) is 3.46. The van der Waals surface area contributed by atoms with Crippen LogP contribution in [0.4, 0.5) is 0 Å². The number of carbonyl (C=O) groups is 2. The Labute approximate surface area is 177 Å². The van der Waals surface area contributed by atoms with Crippen LogP contribution in [0.3, 0.4) is 0 Å². The van der Waals surface area contributed by atoms with Gasteiger partial charge in [-0.3, -0.25) is 4.79 Å². The number of hydrogen-bond acceptors (Lipinski definition) is 2. The summed E-state index contributed by atoms with van der Waals surface area (Å²) in [5, 5.41) is 12.4. The lowest BCUT2D eigenvalue weighted by Gasteiger charge is -2.21. The number of aliphatic carboxylic acids is 1. The molecule has 3 aromatic rings. The molecule has 3 aromatic carbocycles. The third kappa shape index (κ3) is 5.19. The minimum atomic E-state index is -1.05. The van der Waals surface area contributed by atoms with Crippen molar-refractivity contribution in [1.29, 1.82) is 0 Å². The van der Waals surface area contributed by atoms with Gasteiger partial charge in [0.05, 0.1) is 5.92 Å². The number of carbonyl (C=O) groups excluding carboxylic acids is 1. The summed E-state index contributed by atoms with van der Waals surface area (Å²) in [5.74, 6) is -1.94. The fourth-order valence-electron chi connectivity index (χ4n) is 3.10. The van der Waals surface area contributed by atoms with E-state index in [0.717, 1.165) is 20.3 Å². The zero-order valence-corrected chi connectivity index (χ0v) is 17.2. The van der Waals surface area contributed by atoms with Crippen molar-refractivity contribution in [3.8, 4) is 0 Å². The number of hydrogen-bond donors (Lipinski definition) is 2. The Morgan fingerprint density at radius 2 is 1.32 bits per heavy atom. The lowest BCUT2D eigenvalue weighted by Crippen LogP contribution is -2.44. The summed E-state index contributed by atoms with van der Waals surface area (Å²) >= 11 is 2.20. The van der Waals surface area contributed by atoms with Gasteiger partial charge in [-0.2, -0.15) is 0 Å². The van der Waals surface area contributed by atoms with Gasteiger partial charge in [-0.05, 0) is 51.4 Å². The Bertz CT molecular complexity index is 888. The van der Waals surface area contributed by atoms with Crippen LogP contribution in [-0.4, -0.2) is 23.0 Å². The quantitative estimate of drug-likeness (QED) is 0.493. The third-order valence-corrected chi connectivity index (χ3v) is 5.21. The number of nitrogens with one attached hydrogen (secondary N) is 1. The van der Waals surface area contributed by atoms with Crippen molar-refractivity contribution < 1.29 is 14.7 Å². The van der Waals surface area contributed by atoms with Gasteiger partial charge >= 0.3 is 5.97 Å². The lowest BCUT2D eigenvalue weighted by molar-refractivity contribution is -0.141. The molecular weight excluding hydrogens is 465 g/mol. The molecule has 2 N–H and O–H groups in total. The second kappa shape index (κ2) is 9.50. The second-order valence-electron chi connectivity index (χ2n) is 6.48. The van der Waals surface area contributed by atoms with E-state index in [9.17, 15) is 14.7 Å². The molecule has 0 spiro atoms. The Hall–Kier alpha value is -2.67. The predicted octanol–water partition coefficient (Wildman–Crippen LogP) is 4.24. The van der Waals surface area contributed by atoms with Crippen LogP contribution in [0.5, 0.6) is 0 Å². The van der Waals surface area contributed by atoms with E-state index in [1.54, 1.807) is 0 Å². The number of carboxylic acids is 1. The van der Waals surface area contributed by atoms with E-state index in [1.807, 2.05) is 84.9 Å². The molecule has 0 bridgehead atoms. The summed E-state index contributed by atoms with van der Waals surface area (Å²) in [7, 11) is 0. The summed E-state index contributed by atoms with van der Waals surface area (Å²) in [6.45, 7) is 0. The SMILES string of the molecule is O=C(N[C@@H](Cc1ccc(I)cc1)C(=O)O)C(c1ccccc1)c1ccccc1. The summed E-state index contributed by atoms with van der Waals surface area (Å²) in [5.41, 5.74) is 2.51. The third-order valence-electron chi connectivity index (χ3n) is 4.50. The maximum Gasteiger partial charge on any atom is 0.326 e. The first-order valence-corrected chi connectivity index (χ1v) is 10.00. The monoisotopic (exact) mass is 485 g/mol. The van der Waals surface area contributed by atoms with Crippen LogP contribution in [0.1, 0.15) is 22.6 Å². The molecule has 28 heavy (non-hydrogen) atoms. The highest BCUT2D eigenvalue weighted by molar-refractivity contribution is 14.1. The van der Waals surface area contributed by atoms with Gasteiger partial charge in [0, 0.05) is 9.99 Å². The molecule has 0 unspecified atom stereocenters. The van der Waals surface area contributed by atoms with E-state index in [0.29, 0.717) is 0 Å². The molecule has 1 amide bonds.